The molecule has 4 heteroatoms. The predicted octanol–water partition coefficient (Wildman–Crippen LogP) is 4.51. The molecule has 0 aliphatic carbocycles. The molecule has 1 aliphatic heterocycles. The molecule has 1 heterocycles. The van der Waals surface area contributed by atoms with Gasteiger partial charge in [0.05, 0.1) is 5.69 Å². The van der Waals surface area contributed by atoms with E-state index in [1.54, 1.807) is 4.90 Å². The fourth-order valence-electron chi connectivity index (χ4n) is 3.27. The summed E-state index contributed by atoms with van der Waals surface area (Å²) in [6.07, 6.45) is 1.75. The number of carbonyl (C=O) groups is 1. The van der Waals surface area contributed by atoms with Crippen molar-refractivity contribution in [2.24, 2.45) is 5.92 Å². The van der Waals surface area contributed by atoms with Crippen molar-refractivity contribution in [3.63, 3.8) is 0 Å². The highest BCUT2D eigenvalue weighted by molar-refractivity contribution is 5.91. The average molecular weight is 332 g/mol. The Morgan fingerprint density at radius 1 is 1.33 bits per heavy atom. The van der Waals surface area contributed by atoms with Crippen LogP contribution < -0.4 is 10.2 Å². The summed E-state index contributed by atoms with van der Waals surface area (Å²) in [6.45, 7) is 13.9. The minimum atomic E-state index is -0.474. The second-order valence-electron chi connectivity index (χ2n) is 7.95. The van der Waals surface area contributed by atoms with Gasteiger partial charge in [-0.3, -0.25) is 4.90 Å². The van der Waals surface area contributed by atoms with Crippen molar-refractivity contribution in [2.75, 3.05) is 11.4 Å². The maximum absolute atomic E-state index is 12.6. The Kier molecular flexibility index (Phi) is 5.92. The number of benzene rings is 1. The molecule has 1 unspecified atom stereocenters. The zero-order chi connectivity index (χ0) is 17.9. The number of carbonyl (C=O) groups excluding carboxylic acids is 1. The monoisotopic (exact) mass is 332 g/mol. The van der Waals surface area contributed by atoms with E-state index < -0.39 is 5.60 Å². The largest absolute Gasteiger partial charge is 0.443 e. The number of ether oxygens (including phenoxy) is 1. The van der Waals surface area contributed by atoms with Crippen molar-refractivity contribution in [3.8, 4) is 0 Å². The highest BCUT2D eigenvalue weighted by atomic mass is 16.6. The Bertz CT molecular complexity index is 575. The van der Waals surface area contributed by atoms with E-state index in [9.17, 15) is 4.79 Å². The van der Waals surface area contributed by atoms with Crippen LogP contribution in [-0.4, -0.2) is 24.3 Å². The molecular formula is C20H32N2O2. The van der Waals surface area contributed by atoms with Crippen LogP contribution in [0.3, 0.4) is 0 Å². The van der Waals surface area contributed by atoms with Crippen molar-refractivity contribution in [1.29, 1.82) is 0 Å². The van der Waals surface area contributed by atoms with E-state index in [0.29, 0.717) is 18.5 Å². The molecule has 0 radical (unpaired) electrons. The Morgan fingerprint density at radius 2 is 2.04 bits per heavy atom. The van der Waals surface area contributed by atoms with Crippen LogP contribution in [0.2, 0.25) is 0 Å². The molecule has 0 aromatic heterocycles. The highest BCUT2D eigenvalue weighted by Crippen LogP contribution is 2.33. The fourth-order valence-corrected chi connectivity index (χ4v) is 3.27. The first-order valence-electron chi connectivity index (χ1n) is 9.07. The van der Waals surface area contributed by atoms with Crippen LogP contribution in [0.25, 0.3) is 0 Å². The fraction of sp³-hybridized carbons (Fsp3) is 0.650. The number of anilines is 1. The van der Waals surface area contributed by atoms with E-state index in [-0.39, 0.29) is 6.09 Å². The number of nitrogens with zero attached hydrogens (tertiary/aromatic N) is 1. The summed E-state index contributed by atoms with van der Waals surface area (Å²) < 4.78 is 5.59. The zero-order valence-corrected chi connectivity index (χ0v) is 16.0. The van der Waals surface area contributed by atoms with Crippen molar-refractivity contribution in [1.82, 2.24) is 5.32 Å². The second-order valence-corrected chi connectivity index (χ2v) is 7.95. The minimum absolute atomic E-state index is 0.246. The Morgan fingerprint density at radius 3 is 2.62 bits per heavy atom. The van der Waals surface area contributed by atoms with Gasteiger partial charge in [0, 0.05) is 19.1 Å². The quantitative estimate of drug-likeness (QED) is 0.862. The maximum atomic E-state index is 12.6. The normalized spacial score (nSPS) is 15.5. The lowest BCUT2D eigenvalue weighted by Crippen LogP contribution is -2.37. The van der Waals surface area contributed by atoms with E-state index >= 15 is 0 Å². The van der Waals surface area contributed by atoms with Gasteiger partial charge >= 0.3 is 6.09 Å². The van der Waals surface area contributed by atoms with Gasteiger partial charge in [-0.2, -0.15) is 0 Å². The van der Waals surface area contributed by atoms with Crippen LogP contribution in [0.1, 0.15) is 59.1 Å². The smallest absolute Gasteiger partial charge is 0.414 e. The Labute approximate surface area is 146 Å². The lowest BCUT2D eigenvalue weighted by Gasteiger charge is -2.27. The van der Waals surface area contributed by atoms with Crippen LogP contribution >= 0.6 is 0 Å². The standard InChI is InChI=1S/C20H32N2O2/c1-7-17(14(2)3)21-13-16-10-8-9-15-11-12-22(18(15)16)19(23)24-20(4,5)6/h8-10,14,17,21H,7,11-13H2,1-6H3. The predicted molar refractivity (Wildman–Crippen MR) is 99.5 cm³/mol. The number of hydrogen-bond acceptors (Lipinski definition) is 3. The van der Waals surface area contributed by atoms with Crippen LogP contribution in [0.5, 0.6) is 0 Å². The third kappa shape index (κ3) is 4.50. The topological polar surface area (TPSA) is 41.6 Å². The molecular weight excluding hydrogens is 300 g/mol. The molecule has 0 saturated heterocycles. The van der Waals surface area contributed by atoms with Crippen molar-refractivity contribution < 1.29 is 9.53 Å². The number of fused-ring (bicyclic) bond motifs is 1. The summed E-state index contributed by atoms with van der Waals surface area (Å²) in [5.41, 5.74) is 2.98. The number of hydrogen-bond donors (Lipinski definition) is 1. The van der Waals surface area contributed by atoms with Gasteiger partial charge in [0.25, 0.3) is 0 Å². The van der Waals surface area contributed by atoms with Crippen LogP contribution in [0.15, 0.2) is 18.2 Å². The molecule has 0 bridgehead atoms. The van der Waals surface area contributed by atoms with Crippen molar-refractivity contribution in [2.45, 2.75) is 72.6 Å². The lowest BCUT2D eigenvalue weighted by molar-refractivity contribution is 0.0583. The first-order valence-corrected chi connectivity index (χ1v) is 9.07. The Balaban J connectivity index is 2.18. The van der Waals surface area contributed by atoms with Crippen LogP contribution in [-0.2, 0) is 17.7 Å². The molecule has 24 heavy (non-hydrogen) atoms. The SMILES string of the molecule is CCC(NCc1cccc2c1N(C(=O)OC(C)(C)C)CC2)C(C)C. The average Bonchev–Trinajstić information content (AvgIpc) is 2.90. The summed E-state index contributed by atoms with van der Waals surface area (Å²) in [7, 11) is 0. The summed E-state index contributed by atoms with van der Waals surface area (Å²) in [5.74, 6) is 0.591. The number of amides is 1. The molecule has 0 fully saturated rings. The van der Waals surface area contributed by atoms with E-state index in [1.807, 2.05) is 20.8 Å². The molecule has 1 amide bonds. The highest BCUT2D eigenvalue weighted by Gasteiger charge is 2.30. The molecule has 0 spiro atoms. The molecule has 2 rings (SSSR count). The van der Waals surface area contributed by atoms with Gasteiger partial charge < -0.3 is 10.1 Å². The van der Waals surface area contributed by atoms with Crippen molar-refractivity contribution >= 4 is 11.8 Å². The van der Waals surface area contributed by atoms with Gasteiger partial charge in [-0.05, 0) is 50.7 Å². The molecule has 0 saturated carbocycles. The lowest BCUT2D eigenvalue weighted by atomic mass is 10.0. The van der Waals surface area contributed by atoms with Gasteiger partial charge in [-0.1, -0.05) is 39.0 Å². The zero-order valence-electron chi connectivity index (χ0n) is 16.0. The molecule has 1 aromatic rings. The number of nitrogens with one attached hydrogen (secondary N) is 1. The van der Waals surface area contributed by atoms with E-state index in [2.05, 4.69) is 44.3 Å². The molecule has 1 N–H and O–H groups in total. The van der Waals surface area contributed by atoms with Gasteiger partial charge in [0.15, 0.2) is 0 Å². The van der Waals surface area contributed by atoms with E-state index in [4.69, 9.17) is 4.74 Å². The van der Waals surface area contributed by atoms with E-state index in [0.717, 1.165) is 25.1 Å². The first kappa shape index (κ1) is 18.8. The third-order valence-corrected chi connectivity index (χ3v) is 4.49. The summed E-state index contributed by atoms with van der Waals surface area (Å²) >= 11 is 0. The van der Waals surface area contributed by atoms with Gasteiger partial charge in [-0.25, -0.2) is 4.79 Å². The van der Waals surface area contributed by atoms with E-state index in [1.165, 1.54) is 11.1 Å². The van der Waals surface area contributed by atoms with Crippen LogP contribution in [0, 0.1) is 5.92 Å². The molecule has 1 aromatic carbocycles. The van der Waals surface area contributed by atoms with Gasteiger partial charge in [0.2, 0.25) is 0 Å². The first-order chi connectivity index (χ1) is 11.2. The third-order valence-electron chi connectivity index (χ3n) is 4.49. The molecule has 1 aliphatic rings. The summed E-state index contributed by atoms with van der Waals surface area (Å²) in [4.78, 5) is 14.4. The van der Waals surface area contributed by atoms with Crippen LogP contribution in [0.4, 0.5) is 10.5 Å². The number of rotatable bonds is 5. The number of para-hydroxylation sites is 1. The van der Waals surface area contributed by atoms with Crippen molar-refractivity contribution in [3.05, 3.63) is 29.3 Å². The summed E-state index contributed by atoms with van der Waals surface area (Å²) in [6, 6.07) is 6.80. The molecule has 4 nitrogen and oxygen atoms in total. The minimum Gasteiger partial charge on any atom is -0.443 e. The molecule has 134 valence electrons. The second kappa shape index (κ2) is 7.56. The Hall–Kier alpha value is -1.55. The molecule has 1 atom stereocenters. The van der Waals surface area contributed by atoms with Gasteiger partial charge in [0.1, 0.15) is 5.60 Å². The van der Waals surface area contributed by atoms with Gasteiger partial charge in [-0.15, -0.1) is 0 Å². The summed E-state index contributed by atoms with van der Waals surface area (Å²) in [5, 5.41) is 3.64. The maximum Gasteiger partial charge on any atom is 0.414 e.